The molecule has 0 radical (unpaired) electrons. The van der Waals surface area contributed by atoms with E-state index in [1.807, 2.05) is 0 Å². The molecular weight excluding hydrogens is 360 g/mol. The number of rotatable bonds is 8. The number of carbonyl (C=O) groups excluding carboxylic acids is 2. The van der Waals surface area contributed by atoms with Crippen LogP contribution in [0.15, 0.2) is 23.2 Å². The fourth-order valence-electron chi connectivity index (χ4n) is 2.23. The number of ether oxygens (including phenoxy) is 1. The Morgan fingerprint density at radius 2 is 2.27 bits per heavy atom. The number of nitro benzene ring substituents is 1. The zero-order chi connectivity index (χ0) is 19.1. The fourth-order valence-corrected chi connectivity index (χ4v) is 3.23. The Morgan fingerprint density at radius 3 is 2.92 bits per heavy atom. The van der Waals surface area contributed by atoms with Gasteiger partial charge in [-0.1, -0.05) is 25.1 Å². The van der Waals surface area contributed by atoms with Gasteiger partial charge in [0.2, 0.25) is 11.8 Å². The van der Waals surface area contributed by atoms with E-state index in [1.165, 1.54) is 37.1 Å². The minimum absolute atomic E-state index is 0.0743. The van der Waals surface area contributed by atoms with E-state index in [2.05, 4.69) is 22.5 Å². The maximum atomic E-state index is 12.3. The van der Waals surface area contributed by atoms with Crippen LogP contribution >= 0.6 is 11.8 Å². The number of unbranched alkanes of at least 4 members (excludes halogenated alkanes) is 1. The van der Waals surface area contributed by atoms with Gasteiger partial charge in [-0.25, -0.2) is 0 Å². The molecule has 1 aliphatic heterocycles. The summed E-state index contributed by atoms with van der Waals surface area (Å²) in [5.41, 5.74) is 0.0198. The normalized spacial score (nSPS) is 17.8. The number of hydrogen-bond acceptors (Lipinski definition) is 7. The van der Waals surface area contributed by atoms with Gasteiger partial charge in [0.1, 0.15) is 11.0 Å². The number of methoxy groups -OCH3 is 1. The highest BCUT2D eigenvalue weighted by Gasteiger charge is 2.32. The van der Waals surface area contributed by atoms with Gasteiger partial charge in [-0.2, -0.15) is 0 Å². The maximum Gasteiger partial charge on any atom is 0.271 e. The molecule has 1 atom stereocenters. The average molecular weight is 380 g/mol. The molecule has 0 aliphatic carbocycles. The maximum absolute atomic E-state index is 12.3. The van der Waals surface area contributed by atoms with Gasteiger partial charge in [-0.15, -0.1) is 0 Å². The van der Waals surface area contributed by atoms with E-state index in [-0.39, 0.29) is 23.7 Å². The van der Waals surface area contributed by atoms with E-state index in [1.54, 1.807) is 0 Å². The van der Waals surface area contributed by atoms with Crippen molar-refractivity contribution in [2.45, 2.75) is 31.4 Å². The largest absolute Gasteiger partial charge is 0.495 e. The highest BCUT2D eigenvalue weighted by Crippen LogP contribution is 2.30. The van der Waals surface area contributed by atoms with Gasteiger partial charge in [-0.3, -0.25) is 24.7 Å². The average Bonchev–Trinajstić information content (AvgIpc) is 2.94. The minimum Gasteiger partial charge on any atom is -0.495 e. The summed E-state index contributed by atoms with van der Waals surface area (Å²) in [5, 5.41) is 16.1. The standard InChI is InChI=1S/C16H20N4O5S/c1-3-4-7-17-16-19-15(22)13(26-16)9-14(21)18-11-8-10(20(23)24)5-6-12(11)25-2/h5-6,8,13H,3-4,7,9H2,1-2H3,(H,18,21)(H,17,19,22). The van der Waals surface area contributed by atoms with E-state index >= 15 is 0 Å². The molecule has 1 aromatic carbocycles. The molecule has 1 fully saturated rings. The van der Waals surface area contributed by atoms with Gasteiger partial charge in [0, 0.05) is 25.1 Å². The number of amidine groups is 1. The topological polar surface area (TPSA) is 123 Å². The van der Waals surface area contributed by atoms with E-state index in [9.17, 15) is 19.7 Å². The SMILES string of the molecule is CCCCN=C1NC(=O)C(CC(=O)Nc2cc([N+](=O)[O-])ccc2OC)S1. The predicted octanol–water partition coefficient (Wildman–Crippen LogP) is 2.32. The van der Waals surface area contributed by atoms with Crippen LogP contribution in [0.4, 0.5) is 11.4 Å². The number of anilines is 1. The number of amides is 2. The zero-order valence-electron chi connectivity index (χ0n) is 14.5. The van der Waals surface area contributed by atoms with Gasteiger partial charge in [0.05, 0.1) is 17.7 Å². The predicted molar refractivity (Wildman–Crippen MR) is 99.6 cm³/mol. The number of non-ortho nitro benzene ring substituents is 1. The number of benzene rings is 1. The van der Waals surface area contributed by atoms with Crippen LogP contribution in [0.1, 0.15) is 26.2 Å². The second-order valence-corrected chi connectivity index (χ2v) is 6.72. The number of carbonyl (C=O) groups is 2. The third-order valence-corrected chi connectivity index (χ3v) is 4.70. The van der Waals surface area contributed by atoms with Crippen LogP contribution in [0.25, 0.3) is 0 Å². The zero-order valence-corrected chi connectivity index (χ0v) is 15.3. The van der Waals surface area contributed by atoms with Crippen molar-refractivity contribution in [3.05, 3.63) is 28.3 Å². The second kappa shape index (κ2) is 9.18. The Hall–Kier alpha value is -2.62. The lowest BCUT2D eigenvalue weighted by atomic mass is 10.2. The molecule has 9 nitrogen and oxygen atoms in total. The first-order chi connectivity index (χ1) is 12.4. The Balaban J connectivity index is 2.00. The summed E-state index contributed by atoms with van der Waals surface area (Å²) >= 11 is 1.22. The molecule has 1 heterocycles. The Labute approximate surface area is 154 Å². The Morgan fingerprint density at radius 1 is 1.50 bits per heavy atom. The van der Waals surface area contributed by atoms with Crippen LogP contribution in [0.3, 0.4) is 0 Å². The lowest BCUT2D eigenvalue weighted by Gasteiger charge is -2.11. The molecule has 140 valence electrons. The van der Waals surface area contributed by atoms with Crippen LogP contribution in [0, 0.1) is 10.1 Å². The third kappa shape index (κ3) is 5.19. The van der Waals surface area contributed by atoms with Crippen molar-refractivity contribution >= 4 is 40.1 Å². The van der Waals surface area contributed by atoms with Crippen molar-refractivity contribution in [2.75, 3.05) is 19.0 Å². The van der Waals surface area contributed by atoms with E-state index < -0.39 is 16.1 Å². The smallest absolute Gasteiger partial charge is 0.271 e. The molecule has 1 aromatic rings. The van der Waals surface area contributed by atoms with Crippen LogP contribution in [-0.4, -0.2) is 40.8 Å². The first kappa shape index (κ1) is 19.7. The summed E-state index contributed by atoms with van der Waals surface area (Å²) in [4.78, 5) is 38.8. The van der Waals surface area contributed by atoms with Crippen molar-refractivity contribution in [2.24, 2.45) is 4.99 Å². The van der Waals surface area contributed by atoms with Gasteiger partial charge in [0.15, 0.2) is 5.17 Å². The van der Waals surface area contributed by atoms with E-state index in [0.29, 0.717) is 17.5 Å². The van der Waals surface area contributed by atoms with Crippen LogP contribution in [0.2, 0.25) is 0 Å². The molecule has 2 amide bonds. The third-order valence-electron chi connectivity index (χ3n) is 3.58. The molecule has 1 aliphatic rings. The number of nitrogens with zero attached hydrogens (tertiary/aromatic N) is 2. The first-order valence-electron chi connectivity index (χ1n) is 8.08. The first-order valence-corrected chi connectivity index (χ1v) is 8.96. The van der Waals surface area contributed by atoms with E-state index in [0.717, 1.165) is 12.8 Å². The summed E-state index contributed by atoms with van der Waals surface area (Å²) in [7, 11) is 1.40. The van der Waals surface area contributed by atoms with E-state index in [4.69, 9.17) is 4.74 Å². The number of thioether (sulfide) groups is 1. The van der Waals surface area contributed by atoms with Crippen molar-refractivity contribution in [3.63, 3.8) is 0 Å². The minimum atomic E-state index is -0.583. The van der Waals surface area contributed by atoms with Crippen LogP contribution in [0.5, 0.6) is 5.75 Å². The van der Waals surface area contributed by atoms with Gasteiger partial charge < -0.3 is 15.4 Å². The molecule has 0 saturated carbocycles. The lowest BCUT2D eigenvalue weighted by molar-refractivity contribution is -0.384. The summed E-state index contributed by atoms with van der Waals surface area (Å²) < 4.78 is 5.10. The van der Waals surface area contributed by atoms with Crippen molar-refractivity contribution in [1.82, 2.24) is 5.32 Å². The molecule has 10 heteroatoms. The molecule has 0 spiro atoms. The van der Waals surface area contributed by atoms with Crippen molar-refractivity contribution in [1.29, 1.82) is 0 Å². The molecule has 26 heavy (non-hydrogen) atoms. The van der Waals surface area contributed by atoms with Gasteiger partial charge in [0.25, 0.3) is 5.69 Å². The van der Waals surface area contributed by atoms with Crippen LogP contribution < -0.4 is 15.4 Å². The highest BCUT2D eigenvalue weighted by molar-refractivity contribution is 8.15. The number of nitrogens with one attached hydrogen (secondary N) is 2. The number of hydrogen-bond donors (Lipinski definition) is 2. The summed E-state index contributed by atoms with van der Waals surface area (Å²) in [5.74, 6) is -0.410. The molecule has 0 aromatic heterocycles. The molecule has 1 unspecified atom stereocenters. The quantitative estimate of drug-likeness (QED) is 0.405. The highest BCUT2D eigenvalue weighted by atomic mass is 32.2. The van der Waals surface area contributed by atoms with Gasteiger partial charge >= 0.3 is 0 Å². The molecule has 2 rings (SSSR count). The fraction of sp³-hybridized carbons (Fsp3) is 0.438. The molecule has 0 bridgehead atoms. The summed E-state index contributed by atoms with van der Waals surface area (Å²) in [6.07, 6.45) is 1.86. The lowest BCUT2D eigenvalue weighted by Crippen LogP contribution is -2.28. The summed E-state index contributed by atoms with van der Waals surface area (Å²) in [6, 6.07) is 3.91. The Bertz CT molecular complexity index is 737. The Kier molecular flexibility index (Phi) is 6.96. The van der Waals surface area contributed by atoms with Crippen LogP contribution in [-0.2, 0) is 9.59 Å². The monoisotopic (exact) mass is 380 g/mol. The molecule has 2 N–H and O–H groups in total. The summed E-state index contributed by atoms with van der Waals surface area (Å²) in [6.45, 7) is 2.68. The number of nitro groups is 1. The number of aliphatic imine (C=N–C) groups is 1. The van der Waals surface area contributed by atoms with Gasteiger partial charge in [-0.05, 0) is 12.5 Å². The van der Waals surface area contributed by atoms with Crippen molar-refractivity contribution < 1.29 is 19.2 Å². The second-order valence-electron chi connectivity index (χ2n) is 5.53. The molecule has 1 saturated heterocycles. The molecular formula is C16H20N4O5S. The van der Waals surface area contributed by atoms with Crippen molar-refractivity contribution in [3.8, 4) is 5.75 Å².